The van der Waals surface area contributed by atoms with E-state index in [2.05, 4.69) is 23.6 Å². The summed E-state index contributed by atoms with van der Waals surface area (Å²) in [7, 11) is 1.40. The van der Waals surface area contributed by atoms with Crippen molar-refractivity contribution in [3.8, 4) is 0 Å². The fraction of sp³-hybridized carbons (Fsp3) is 0.500. The zero-order valence-corrected chi connectivity index (χ0v) is 8.26. The number of hydrogen-bond acceptors (Lipinski definition) is 2. The van der Waals surface area contributed by atoms with Crippen molar-refractivity contribution < 1.29 is 9.53 Å². The van der Waals surface area contributed by atoms with Crippen LogP contribution in [0.2, 0.25) is 0 Å². The standard InChI is InChI=1S/C10H15NO2/c1-7(2)4-8-5-11-6-9(8)10(12)13-3/h5-7,11H,4H2,1-3H3. The summed E-state index contributed by atoms with van der Waals surface area (Å²) in [6, 6.07) is 0. The molecule has 1 N–H and O–H groups in total. The highest BCUT2D eigenvalue weighted by molar-refractivity contribution is 5.90. The van der Waals surface area contributed by atoms with E-state index in [4.69, 9.17) is 0 Å². The molecule has 1 aromatic rings. The average Bonchev–Trinajstić information content (AvgIpc) is 2.50. The molecule has 0 aliphatic heterocycles. The number of nitrogens with one attached hydrogen (secondary N) is 1. The number of ether oxygens (including phenoxy) is 1. The van der Waals surface area contributed by atoms with Crippen molar-refractivity contribution in [2.75, 3.05) is 7.11 Å². The maximum Gasteiger partial charge on any atom is 0.339 e. The Bertz CT molecular complexity index is 289. The van der Waals surface area contributed by atoms with Crippen molar-refractivity contribution in [2.24, 2.45) is 5.92 Å². The van der Waals surface area contributed by atoms with Gasteiger partial charge in [-0.2, -0.15) is 0 Å². The van der Waals surface area contributed by atoms with E-state index < -0.39 is 0 Å². The van der Waals surface area contributed by atoms with Gasteiger partial charge in [-0.15, -0.1) is 0 Å². The highest BCUT2D eigenvalue weighted by atomic mass is 16.5. The Kier molecular flexibility index (Phi) is 3.12. The second kappa shape index (κ2) is 4.12. The lowest BCUT2D eigenvalue weighted by molar-refractivity contribution is 0.0599. The monoisotopic (exact) mass is 181 g/mol. The third-order valence-electron chi connectivity index (χ3n) is 1.86. The Morgan fingerprint density at radius 1 is 1.54 bits per heavy atom. The van der Waals surface area contributed by atoms with Gasteiger partial charge in [-0.3, -0.25) is 0 Å². The van der Waals surface area contributed by atoms with Crippen LogP contribution in [0.5, 0.6) is 0 Å². The number of aromatic nitrogens is 1. The Morgan fingerprint density at radius 2 is 2.23 bits per heavy atom. The molecule has 0 amide bonds. The van der Waals surface area contributed by atoms with Crippen LogP contribution in [0.15, 0.2) is 12.4 Å². The van der Waals surface area contributed by atoms with Crippen molar-refractivity contribution in [2.45, 2.75) is 20.3 Å². The summed E-state index contributed by atoms with van der Waals surface area (Å²) in [5, 5.41) is 0. The predicted octanol–water partition coefficient (Wildman–Crippen LogP) is 2.00. The van der Waals surface area contributed by atoms with Crippen molar-refractivity contribution in [1.82, 2.24) is 4.98 Å². The molecule has 0 bridgehead atoms. The lowest BCUT2D eigenvalue weighted by atomic mass is 10.0. The van der Waals surface area contributed by atoms with Gasteiger partial charge >= 0.3 is 5.97 Å². The van der Waals surface area contributed by atoms with Gasteiger partial charge < -0.3 is 9.72 Å². The molecule has 0 radical (unpaired) electrons. The minimum absolute atomic E-state index is 0.267. The fourth-order valence-corrected chi connectivity index (χ4v) is 1.30. The summed E-state index contributed by atoms with van der Waals surface area (Å²) in [5.41, 5.74) is 1.68. The number of hydrogen-bond donors (Lipinski definition) is 1. The molecule has 1 aromatic heterocycles. The SMILES string of the molecule is COC(=O)c1c[nH]cc1CC(C)C. The first-order valence-electron chi connectivity index (χ1n) is 4.39. The summed E-state index contributed by atoms with van der Waals surface area (Å²) in [4.78, 5) is 14.2. The quantitative estimate of drug-likeness (QED) is 0.725. The van der Waals surface area contributed by atoms with Gasteiger partial charge in [0.1, 0.15) is 0 Å². The molecule has 0 aliphatic rings. The highest BCUT2D eigenvalue weighted by Crippen LogP contribution is 2.13. The van der Waals surface area contributed by atoms with Gasteiger partial charge in [-0.1, -0.05) is 13.8 Å². The lowest BCUT2D eigenvalue weighted by Gasteiger charge is -2.04. The van der Waals surface area contributed by atoms with E-state index in [0.29, 0.717) is 11.5 Å². The van der Waals surface area contributed by atoms with Crippen LogP contribution in [0.25, 0.3) is 0 Å². The van der Waals surface area contributed by atoms with E-state index in [0.717, 1.165) is 12.0 Å². The van der Waals surface area contributed by atoms with Crippen molar-refractivity contribution in [1.29, 1.82) is 0 Å². The van der Waals surface area contributed by atoms with Crippen LogP contribution in [0.3, 0.4) is 0 Å². The summed E-state index contributed by atoms with van der Waals surface area (Å²) in [5.74, 6) is 0.274. The Labute approximate surface area is 78.1 Å². The second-order valence-electron chi connectivity index (χ2n) is 3.48. The molecule has 3 nitrogen and oxygen atoms in total. The van der Waals surface area contributed by atoms with Crippen molar-refractivity contribution in [3.05, 3.63) is 23.5 Å². The number of rotatable bonds is 3. The van der Waals surface area contributed by atoms with E-state index in [-0.39, 0.29) is 5.97 Å². The number of carbonyl (C=O) groups is 1. The number of H-pyrrole nitrogens is 1. The van der Waals surface area contributed by atoms with Crippen LogP contribution in [0.4, 0.5) is 0 Å². The third-order valence-corrected chi connectivity index (χ3v) is 1.86. The molecule has 0 saturated carbocycles. The van der Waals surface area contributed by atoms with E-state index in [1.165, 1.54) is 7.11 Å². The molecule has 72 valence electrons. The van der Waals surface area contributed by atoms with Gasteiger partial charge in [-0.25, -0.2) is 4.79 Å². The van der Waals surface area contributed by atoms with Crippen LogP contribution >= 0.6 is 0 Å². The first-order chi connectivity index (χ1) is 6.15. The average molecular weight is 181 g/mol. The zero-order chi connectivity index (χ0) is 9.84. The Balaban J connectivity index is 2.83. The van der Waals surface area contributed by atoms with Crippen LogP contribution in [0.1, 0.15) is 29.8 Å². The van der Waals surface area contributed by atoms with Crippen LogP contribution < -0.4 is 0 Å². The van der Waals surface area contributed by atoms with Gasteiger partial charge in [-0.05, 0) is 17.9 Å². The number of esters is 1. The molecule has 1 heterocycles. The zero-order valence-electron chi connectivity index (χ0n) is 8.26. The molecule has 0 unspecified atom stereocenters. The normalized spacial score (nSPS) is 10.5. The molecule has 0 saturated heterocycles. The third kappa shape index (κ3) is 2.34. The maximum absolute atomic E-state index is 11.2. The van der Waals surface area contributed by atoms with Gasteiger partial charge in [0.15, 0.2) is 0 Å². The molecular formula is C10H15NO2. The topological polar surface area (TPSA) is 42.1 Å². The molecule has 0 spiro atoms. The molecular weight excluding hydrogens is 166 g/mol. The minimum atomic E-state index is -0.267. The van der Waals surface area contributed by atoms with Crippen molar-refractivity contribution in [3.63, 3.8) is 0 Å². The van der Waals surface area contributed by atoms with Gasteiger partial charge in [0.2, 0.25) is 0 Å². The molecule has 1 rings (SSSR count). The van der Waals surface area contributed by atoms with Gasteiger partial charge in [0, 0.05) is 12.4 Å². The lowest BCUT2D eigenvalue weighted by Crippen LogP contribution is -2.04. The highest BCUT2D eigenvalue weighted by Gasteiger charge is 2.12. The minimum Gasteiger partial charge on any atom is -0.465 e. The largest absolute Gasteiger partial charge is 0.465 e. The number of carbonyl (C=O) groups excluding carboxylic acids is 1. The smallest absolute Gasteiger partial charge is 0.339 e. The maximum atomic E-state index is 11.2. The molecule has 3 heteroatoms. The summed E-state index contributed by atoms with van der Waals surface area (Å²) >= 11 is 0. The summed E-state index contributed by atoms with van der Waals surface area (Å²) in [6.07, 6.45) is 4.43. The van der Waals surface area contributed by atoms with Crippen LogP contribution in [0, 0.1) is 5.92 Å². The Morgan fingerprint density at radius 3 is 2.77 bits per heavy atom. The van der Waals surface area contributed by atoms with Gasteiger partial charge in [0.25, 0.3) is 0 Å². The first kappa shape index (κ1) is 9.84. The van der Waals surface area contributed by atoms with E-state index in [1.54, 1.807) is 6.20 Å². The fourth-order valence-electron chi connectivity index (χ4n) is 1.30. The van der Waals surface area contributed by atoms with Gasteiger partial charge in [0.05, 0.1) is 12.7 Å². The summed E-state index contributed by atoms with van der Waals surface area (Å²) in [6.45, 7) is 4.24. The first-order valence-corrected chi connectivity index (χ1v) is 4.39. The van der Waals surface area contributed by atoms with Crippen LogP contribution in [-0.2, 0) is 11.2 Å². The van der Waals surface area contributed by atoms with E-state index >= 15 is 0 Å². The molecule has 13 heavy (non-hydrogen) atoms. The molecule has 0 aromatic carbocycles. The second-order valence-corrected chi connectivity index (χ2v) is 3.48. The van der Waals surface area contributed by atoms with E-state index in [9.17, 15) is 4.79 Å². The number of methoxy groups -OCH3 is 1. The summed E-state index contributed by atoms with van der Waals surface area (Å²) < 4.78 is 4.66. The van der Waals surface area contributed by atoms with Crippen LogP contribution in [-0.4, -0.2) is 18.1 Å². The van der Waals surface area contributed by atoms with E-state index in [1.807, 2.05) is 6.20 Å². The molecule has 0 fully saturated rings. The molecule has 0 atom stereocenters. The van der Waals surface area contributed by atoms with Crippen molar-refractivity contribution >= 4 is 5.97 Å². The number of aromatic amines is 1. The molecule has 0 aliphatic carbocycles. The Hall–Kier alpha value is -1.25. The predicted molar refractivity (Wildman–Crippen MR) is 50.7 cm³/mol.